The van der Waals surface area contributed by atoms with Crippen LogP contribution in [0.4, 0.5) is 0 Å². The van der Waals surface area contributed by atoms with Gasteiger partial charge in [0.15, 0.2) is 17.5 Å². The standard InChI is InChI=1S/C23H32N4O4.HI/c1-5-24-23(27-16-21(28)25-12-11-17-9-7-6-8-10-17)26-15-18-13-19(29-2)22(31-4)20(14-18)30-3;/h6-10,13-14H,5,11-12,15-16H2,1-4H3,(H,25,28)(H2,24,26,27);1H. The van der Waals surface area contributed by atoms with E-state index in [1.807, 2.05) is 49.4 Å². The normalized spacial score (nSPS) is 10.6. The molecule has 0 spiro atoms. The van der Waals surface area contributed by atoms with E-state index in [1.54, 1.807) is 21.3 Å². The molecule has 0 aliphatic rings. The number of nitrogens with zero attached hydrogens (tertiary/aromatic N) is 1. The van der Waals surface area contributed by atoms with Crippen LogP contribution in [0.25, 0.3) is 0 Å². The minimum atomic E-state index is -0.0886. The molecule has 0 atom stereocenters. The van der Waals surface area contributed by atoms with Crippen LogP contribution in [0.1, 0.15) is 18.1 Å². The molecule has 0 radical (unpaired) electrons. The highest BCUT2D eigenvalue weighted by Gasteiger charge is 2.13. The summed E-state index contributed by atoms with van der Waals surface area (Å²) in [6, 6.07) is 13.8. The number of carbonyl (C=O) groups is 1. The van der Waals surface area contributed by atoms with Gasteiger partial charge in [0.1, 0.15) is 0 Å². The van der Waals surface area contributed by atoms with Crippen molar-refractivity contribution in [2.75, 3.05) is 41.0 Å². The number of guanidine groups is 1. The second-order valence-corrected chi connectivity index (χ2v) is 6.67. The Hall–Kier alpha value is -2.69. The molecule has 0 aromatic heterocycles. The van der Waals surface area contributed by atoms with E-state index in [2.05, 4.69) is 20.9 Å². The molecule has 2 aromatic carbocycles. The van der Waals surface area contributed by atoms with E-state index in [1.165, 1.54) is 5.56 Å². The van der Waals surface area contributed by atoms with Gasteiger partial charge in [-0.3, -0.25) is 4.79 Å². The summed E-state index contributed by atoms with van der Waals surface area (Å²) in [5, 5.41) is 9.11. The Morgan fingerprint density at radius 3 is 2.12 bits per heavy atom. The predicted octanol–water partition coefficient (Wildman–Crippen LogP) is 2.74. The lowest BCUT2D eigenvalue weighted by molar-refractivity contribution is -0.119. The van der Waals surface area contributed by atoms with Crippen molar-refractivity contribution < 1.29 is 19.0 Å². The number of hydrogen-bond acceptors (Lipinski definition) is 5. The van der Waals surface area contributed by atoms with Crippen LogP contribution in [-0.4, -0.2) is 52.8 Å². The Balaban J connectivity index is 0.00000512. The van der Waals surface area contributed by atoms with E-state index in [0.717, 1.165) is 12.0 Å². The van der Waals surface area contributed by atoms with Gasteiger partial charge in [0.2, 0.25) is 11.7 Å². The predicted molar refractivity (Wildman–Crippen MR) is 137 cm³/mol. The number of halogens is 1. The van der Waals surface area contributed by atoms with Gasteiger partial charge in [0.05, 0.1) is 34.4 Å². The molecule has 0 heterocycles. The molecular weight excluding hydrogens is 523 g/mol. The number of ether oxygens (including phenoxy) is 3. The maximum absolute atomic E-state index is 12.2. The molecule has 0 fully saturated rings. The Morgan fingerprint density at radius 2 is 1.56 bits per heavy atom. The van der Waals surface area contributed by atoms with E-state index in [4.69, 9.17) is 14.2 Å². The summed E-state index contributed by atoms with van der Waals surface area (Å²) in [6.45, 7) is 3.74. The monoisotopic (exact) mass is 556 g/mol. The first kappa shape index (κ1) is 27.3. The fraction of sp³-hybridized carbons (Fsp3) is 0.391. The summed E-state index contributed by atoms with van der Waals surface area (Å²) < 4.78 is 16.1. The third-order valence-electron chi connectivity index (χ3n) is 4.48. The number of benzene rings is 2. The van der Waals surface area contributed by atoms with Crippen LogP contribution in [0.15, 0.2) is 47.5 Å². The second kappa shape index (κ2) is 15.2. The third kappa shape index (κ3) is 8.81. The zero-order valence-corrected chi connectivity index (χ0v) is 21.4. The maximum Gasteiger partial charge on any atom is 0.239 e. The minimum Gasteiger partial charge on any atom is -0.493 e. The molecule has 176 valence electrons. The molecule has 0 aliphatic heterocycles. The van der Waals surface area contributed by atoms with Crippen molar-refractivity contribution in [1.29, 1.82) is 0 Å². The summed E-state index contributed by atoms with van der Waals surface area (Å²) in [7, 11) is 4.72. The number of hydrogen-bond donors (Lipinski definition) is 3. The molecule has 9 heteroatoms. The maximum atomic E-state index is 12.2. The molecule has 3 N–H and O–H groups in total. The van der Waals surface area contributed by atoms with Gasteiger partial charge >= 0.3 is 0 Å². The first-order valence-electron chi connectivity index (χ1n) is 10.2. The summed E-state index contributed by atoms with van der Waals surface area (Å²) in [6.07, 6.45) is 0.794. The van der Waals surface area contributed by atoms with Crippen molar-refractivity contribution in [3.8, 4) is 17.2 Å². The number of methoxy groups -OCH3 is 3. The highest BCUT2D eigenvalue weighted by atomic mass is 127. The Morgan fingerprint density at radius 1 is 0.906 bits per heavy atom. The first-order chi connectivity index (χ1) is 15.1. The minimum absolute atomic E-state index is 0. The van der Waals surface area contributed by atoms with E-state index in [-0.39, 0.29) is 36.4 Å². The molecule has 0 saturated carbocycles. The lowest BCUT2D eigenvalue weighted by Crippen LogP contribution is -2.43. The summed E-state index contributed by atoms with van der Waals surface area (Å²) in [4.78, 5) is 16.7. The average molecular weight is 556 g/mol. The van der Waals surface area contributed by atoms with Crippen LogP contribution in [0, 0.1) is 0 Å². The topological polar surface area (TPSA) is 93.2 Å². The average Bonchev–Trinajstić information content (AvgIpc) is 2.80. The van der Waals surface area contributed by atoms with Gasteiger partial charge in [-0.15, -0.1) is 24.0 Å². The number of carbonyl (C=O) groups excluding carboxylic acids is 1. The second-order valence-electron chi connectivity index (χ2n) is 6.67. The van der Waals surface area contributed by atoms with Gasteiger partial charge in [-0.25, -0.2) is 4.99 Å². The molecule has 1 amide bonds. The van der Waals surface area contributed by atoms with E-state index in [0.29, 0.717) is 42.8 Å². The van der Waals surface area contributed by atoms with E-state index in [9.17, 15) is 4.79 Å². The van der Waals surface area contributed by atoms with Crippen LogP contribution in [-0.2, 0) is 17.8 Å². The zero-order chi connectivity index (χ0) is 22.5. The quantitative estimate of drug-likeness (QED) is 0.224. The Bertz CT molecular complexity index is 837. The highest BCUT2D eigenvalue weighted by Crippen LogP contribution is 2.38. The van der Waals surface area contributed by atoms with Crippen LogP contribution >= 0.6 is 24.0 Å². The van der Waals surface area contributed by atoms with Crippen molar-refractivity contribution in [3.63, 3.8) is 0 Å². The lowest BCUT2D eigenvalue weighted by atomic mass is 10.1. The van der Waals surface area contributed by atoms with Gasteiger partial charge in [-0.1, -0.05) is 30.3 Å². The molecule has 0 aliphatic carbocycles. The lowest BCUT2D eigenvalue weighted by Gasteiger charge is -2.14. The molecule has 0 bridgehead atoms. The van der Waals surface area contributed by atoms with Gasteiger partial charge in [0, 0.05) is 13.1 Å². The number of aliphatic imine (C=N–C) groups is 1. The van der Waals surface area contributed by atoms with Gasteiger partial charge in [-0.05, 0) is 36.6 Å². The molecule has 2 aromatic rings. The fourth-order valence-electron chi connectivity index (χ4n) is 2.96. The Kier molecular flexibility index (Phi) is 13.0. The van der Waals surface area contributed by atoms with Crippen LogP contribution in [0.2, 0.25) is 0 Å². The van der Waals surface area contributed by atoms with Gasteiger partial charge < -0.3 is 30.2 Å². The number of rotatable bonds is 11. The fourth-order valence-corrected chi connectivity index (χ4v) is 2.96. The SMILES string of the molecule is CCNC(=NCc1cc(OC)c(OC)c(OC)c1)NCC(=O)NCCc1ccccc1.I. The molecular formula is C23H33IN4O4. The highest BCUT2D eigenvalue weighted by molar-refractivity contribution is 14.0. The molecule has 32 heavy (non-hydrogen) atoms. The van der Waals surface area contributed by atoms with Crippen molar-refractivity contribution in [2.24, 2.45) is 4.99 Å². The van der Waals surface area contributed by atoms with Crippen LogP contribution in [0.3, 0.4) is 0 Å². The van der Waals surface area contributed by atoms with Crippen molar-refractivity contribution in [1.82, 2.24) is 16.0 Å². The molecule has 8 nitrogen and oxygen atoms in total. The summed E-state index contributed by atoms with van der Waals surface area (Å²) in [5.41, 5.74) is 2.08. The van der Waals surface area contributed by atoms with Crippen LogP contribution < -0.4 is 30.2 Å². The van der Waals surface area contributed by atoms with Crippen molar-refractivity contribution >= 4 is 35.8 Å². The largest absolute Gasteiger partial charge is 0.493 e. The van der Waals surface area contributed by atoms with Crippen LogP contribution in [0.5, 0.6) is 17.2 Å². The van der Waals surface area contributed by atoms with E-state index >= 15 is 0 Å². The molecule has 2 rings (SSSR count). The number of nitrogens with one attached hydrogen (secondary N) is 3. The van der Waals surface area contributed by atoms with Gasteiger partial charge in [0.25, 0.3) is 0 Å². The zero-order valence-electron chi connectivity index (χ0n) is 19.1. The Labute approximate surface area is 207 Å². The third-order valence-corrected chi connectivity index (χ3v) is 4.48. The summed E-state index contributed by atoms with van der Waals surface area (Å²) in [5.74, 6) is 2.14. The first-order valence-corrected chi connectivity index (χ1v) is 10.2. The van der Waals surface area contributed by atoms with Gasteiger partial charge in [-0.2, -0.15) is 0 Å². The molecule has 0 saturated heterocycles. The smallest absolute Gasteiger partial charge is 0.239 e. The summed E-state index contributed by atoms with van der Waals surface area (Å²) >= 11 is 0. The molecule has 0 unspecified atom stereocenters. The van der Waals surface area contributed by atoms with Crippen molar-refractivity contribution in [2.45, 2.75) is 19.9 Å². The number of amides is 1. The van der Waals surface area contributed by atoms with Crippen molar-refractivity contribution in [3.05, 3.63) is 53.6 Å². The van der Waals surface area contributed by atoms with E-state index < -0.39 is 0 Å².